The van der Waals surface area contributed by atoms with Crippen molar-refractivity contribution in [3.63, 3.8) is 0 Å². The Morgan fingerprint density at radius 3 is 2.38 bits per heavy atom. The summed E-state index contributed by atoms with van der Waals surface area (Å²) in [4.78, 5) is 18.5. The molecular formula is C22H36IN5O3S. The molecule has 0 bridgehead atoms. The molecule has 32 heavy (non-hydrogen) atoms. The van der Waals surface area contributed by atoms with Crippen LogP contribution in [0.5, 0.6) is 0 Å². The van der Waals surface area contributed by atoms with Crippen molar-refractivity contribution in [1.29, 1.82) is 0 Å². The van der Waals surface area contributed by atoms with E-state index in [9.17, 15) is 13.2 Å². The fraction of sp³-hybridized carbons (Fsp3) is 0.636. The van der Waals surface area contributed by atoms with Gasteiger partial charge >= 0.3 is 0 Å². The van der Waals surface area contributed by atoms with Gasteiger partial charge in [0.05, 0.1) is 11.4 Å². The molecule has 2 aliphatic heterocycles. The molecule has 0 unspecified atom stereocenters. The highest BCUT2D eigenvalue weighted by Gasteiger charge is 2.25. The molecule has 2 N–H and O–H groups in total. The quantitative estimate of drug-likeness (QED) is 0.204. The summed E-state index contributed by atoms with van der Waals surface area (Å²) in [5, 5.41) is 6.53. The molecule has 0 aliphatic carbocycles. The first kappa shape index (κ1) is 26.8. The molecule has 10 heteroatoms. The largest absolute Gasteiger partial charge is 0.357 e. The third-order valence-electron chi connectivity index (χ3n) is 5.71. The Hall–Kier alpha value is -1.40. The van der Waals surface area contributed by atoms with Gasteiger partial charge in [0.15, 0.2) is 5.96 Å². The molecule has 3 rings (SSSR count). The number of hydrogen-bond acceptors (Lipinski definition) is 4. The SMILES string of the molecule is CCNC(=NCc1ccc(S(=O)(=O)N2CCCCC2)cc1)NCCCN1CCCC1=O.I. The summed E-state index contributed by atoms with van der Waals surface area (Å²) in [6, 6.07) is 7.04. The van der Waals surface area contributed by atoms with Gasteiger partial charge in [-0.15, -0.1) is 24.0 Å². The molecule has 2 heterocycles. The third-order valence-corrected chi connectivity index (χ3v) is 7.62. The number of sulfonamides is 1. The van der Waals surface area contributed by atoms with Crippen molar-refractivity contribution in [2.75, 3.05) is 39.3 Å². The van der Waals surface area contributed by atoms with Crippen LogP contribution in [0.3, 0.4) is 0 Å². The molecule has 0 radical (unpaired) electrons. The lowest BCUT2D eigenvalue weighted by molar-refractivity contribution is -0.127. The minimum atomic E-state index is -3.40. The smallest absolute Gasteiger partial charge is 0.243 e. The van der Waals surface area contributed by atoms with Crippen LogP contribution in [0.2, 0.25) is 0 Å². The average Bonchev–Trinajstić information content (AvgIpc) is 3.20. The first-order chi connectivity index (χ1) is 15.0. The number of amides is 1. The number of hydrogen-bond donors (Lipinski definition) is 2. The van der Waals surface area contributed by atoms with Crippen LogP contribution in [-0.4, -0.2) is 68.8 Å². The molecular weight excluding hydrogens is 541 g/mol. The number of halogens is 1. The van der Waals surface area contributed by atoms with E-state index in [4.69, 9.17) is 0 Å². The Balaban J connectivity index is 0.00000363. The zero-order chi connectivity index (χ0) is 22.1. The Kier molecular flexibility index (Phi) is 11.2. The van der Waals surface area contributed by atoms with E-state index >= 15 is 0 Å². The number of nitrogens with one attached hydrogen (secondary N) is 2. The number of rotatable bonds is 9. The van der Waals surface area contributed by atoms with Crippen LogP contribution < -0.4 is 10.6 Å². The van der Waals surface area contributed by atoms with Crippen LogP contribution in [0.4, 0.5) is 0 Å². The molecule has 1 amide bonds. The molecule has 180 valence electrons. The predicted molar refractivity (Wildman–Crippen MR) is 138 cm³/mol. The van der Waals surface area contributed by atoms with Crippen LogP contribution in [-0.2, 0) is 21.4 Å². The summed E-state index contributed by atoms with van der Waals surface area (Å²) in [5.74, 6) is 0.978. The number of likely N-dealkylation sites (tertiary alicyclic amines) is 1. The summed E-state index contributed by atoms with van der Waals surface area (Å²) in [5.41, 5.74) is 0.956. The summed E-state index contributed by atoms with van der Waals surface area (Å²) in [6.45, 7) is 6.83. The molecule has 1 aromatic carbocycles. The van der Waals surface area contributed by atoms with E-state index in [1.165, 1.54) is 0 Å². The van der Waals surface area contributed by atoms with Gasteiger partial charge in [-0.2, -0.15) is 4.31 Å². The van der Waals surface area contributed by atoms with Gasteiger partial charge in [-0.1, -0.05) is 18.6 Å². The maximum atomic E-state index is 12.8. The third kappa shape index (κ3) is 7.58. The number of nitrogens with zero attached hydrogens (tertiary/aromatic N) is 3. The van der Waals surface area contributed by atoms with Crippen LogP contribution in [0, 0.1) is 0 Å². The first-order valence-electron chi connectivity index (χ1n) is 11.4. The molecule has 1 aromatic rings. The minimum absolute atomic E-state index is 0. The number of carbonyl (C=O) groups excluding carboxylic acids is 1. The van der Waals surface area contributed by atoms with Gasteiger partial charge in [0.25, 0.3) is 0 Å². The predicted octanol–water partition coefficient (Wildman–Crippen LogP) is 2.55. The van der Waals surface area contributed by atoms with Crippen molar-refractivity contribution >= 4 is 45.9 Å². The van der Waals surface area contributed by atoms with Crippen molar-refractivity contribution in [2.24, 2.45) is 4.99 Å². The van der Waals surface area contributed by atoms with E-state index < -0.39 is 10.0 Å². The minimum Gasteiger partial charge on any atom is -0.357 e. The summed E-state index contributed by atoms with van der Waals surface area (Å²) in [6.07, 6.45) is 5.48. The monoisotopic (exact) mass is 577 g/mol. The second-order valence-electron chi connectivity index (χ2n) is 8.07. The second-order valence-corrected chi connectivity index (χ2v) is 10.0. The lowest BCUT2D eigenvalue weighted by atomic mass is 10.2. The molecule has 0 aromatic heterocycles. The van der Waals surface area contributed by atoms with E-state index in [0.717, 1.165) is 69.8 Å². The van der Waals surface area contributed by atoms with Crippen LogP contribution in [0.1, 0.15) is 51.0 Å². The summed E-state index contributed by atoms with van der Waals surface area (Å²) >= 11 is 0. The highest BCUT2D eigenvalue weighted by atomic mass is 127. The molecule has 8 nitrogen and oxygen atoms in total. The van der Waals surface area contributed by atoms with Gasteiger partial charge in [-0.25, -0.2) is 13.4 Å². The van der Waals surface area contributed by atoms with Crippen molar-refractivity contribution in [3.05, 3.63) is 29.8 Å². The van der Waals surface area contributed by atoms with Crippen molar-refractivity contribution < 1.29 is 13.2 Å². The molecule has 2 aliphatic rings. The number of guanidine groups is 1. The number of aliphatic imine (C=N–C) groups is 1. The molecule has 2 fully saturated rings. The molecule has 0 saturated carbocycles. The second kappa shape index (κ2) is 13.3. The fourth-order valence-electron chi connectivity index (χ4n) is 3.95. The van der Waals surface area contributed by atoms with Crippen LogP contribution in [0.25, 0.3) is 0 Å². The maximum absolute atomic E-state index is 12.8. The van der Waals surface area contributed by atoms with Gasteiger partial charge < -0.3 is 15.5 Å². The topological polar surface area (TPSA) is 94.1 Å². The summed E-state index contributed by atoms with van der Waals surface area (Å²) in [7, 11) is -3.40. The number of benzene rings is 1. The average molecular weight is 578 g/mol. The summed E-state index contributed by atoms with van der Waals surface area (Å²) < 4.78 is 27.1. The lowest BCUT2D eigenvalue weighted by Crippen LogP contribution is -2.39. The fourth-order valence-corrected chi connectivity index (χ4v) is 5.47. The normalized spacial score (nSPS) is 17.8. The van der Waals surface area contributed by atoms with E-state index in [0.29, 0.717) is 31.0 Å². The Bertz CT molecular complexity index is 855. The van der Waals surface area contributed by atoms with E-state index in [-0.39, 0.29) is 29.9 Å². The Morgan fingerprint density at radius 2 is 1.75 bits per heavy atom. The standard InChI is InChI=1S/C22H35N5O3S.HI/c1-2-23-22(24-13-7-15-26-14-6-8-21(26)28)25-18-19-9-11-20(12-10-19)31(29,30)27-16-4-3-5-17-27;/h9-12H,2-8,13-18H2,1H3,(H2,23,24,25);1H. The molecule has 0 atom stereocenters. The highest BCUT2D eigenvalue weighted by molar-refractivity contribution is 14.0. The van der Waals surface area contributed by atoms with E-state index in [2.05, 4.69) is 15.6 Å². The Labute approximate surface area is 209 Å². The number of carbonyl (C=O) groups is 1. The molecule has 2 saturated heterocycles. The highest BCUT2D eigenvalue weighted by Crippen LogP contribution is 2.21. The van der Waals surface area contributed by atoms with E-state index in [1.54, 1.807) is 16.4 Å². The zero-order valence-electron chi connectivity index (χ0n) is 18.9. The van der Waals surface area contributed by atoms with Gasteiger partial charge in [0.1, 0.15) is 0 Å². The van der Waals surface area contributed by atoms with Gasteiger partial charge in [-0.3, -0.25) is 4.79 Å². The lowest BCUT2D eigenvalue weighted by Gasteiger charge is -2.25. The van der Waals surface area contributed by atoms with Crippen LogP contribution in [0.15, 0.2) is 34.2 Å². The molecule has 0 spiro atoms. The van der Waals surface area contributed by atoms with E-state index in [1.807, 2.05) is 24.0 Å². The maximum Gasteiger partial charge on any atom is 0.243 e. The van der Waals surface area contributed by atoms with Crippen molar-refractivity contribution in [2.45, 2.75) is 56.9 Å². The first-order valence-corrected chi connectivity index (χ1v) is 12.8. The Morgan fingerprint density at radius 1 is 1.03 bits per heavy atom. The van der Waals surface area contributed by atoms with Gasteiger partial charge in [0, 0.05) is 45.7 Å². The van der Waals surface area contributed by atoms with Crippen molar-refractivity contribution in [3.8, 4) is 0 Å². The van der Waals surface area contributed by atoms with Crippen molar-refractivity contribution in [1.82, 2.24) is 19.8 Å². The van der Waals surface area contributed by atoms with Crippen LogP contribution >= 0.6 is 24.0 Å². The number of piperidine rings is 1. The van der Waals surface area contributed by atoms with Gasteiger partial charge in [0.2, 0.25) is 15.9 Å². The zero-order valence-corrected chi connectivity index (χ0v) is 22.0. The van der Waals surface area contributed by atoms with Gasteiger partial charge in [-0.05, 0) is 50.3 Å².